The van der Waals surface area contributed by atoms with Gasteiger partial charge in [0.15, 0.2) is 6.61 Å². The number of hydrazone groups is 1. The molecule has 8 heteroatoms. The number of rotatable bonds is 9. The van der Waals surface area contributed by atoms with E-state index in [9.17, 15) is 14.4 Å². The quantitative estimate of drug-likeness (QED) is 0.283. The average molecular weight is 552 g/mol. The van der Waals surface area contributed by atoms with E-state index in [2.05, 4.69) is 21.2 Å². The number of hydrogen-bond acceptors (Lipinski definition) is 6. The third-order valence-corrected chi connectivity index (χ3v) is 7.38. The van der Waals surface area contributed by atoms with E-state index in [0.29, 0.717) is 29.6 Å². The Kier molecular flexibility index (Phi) is 8.89. The number of amides is 2. The number of carbonyl (C=O) groups is 3. The molecular weight excluding hydrogens is 518 g/mol. The second-order valence-electron chi connectivity index (χ2n) is 10.2. The zero-order valence-electron chi connectivity index (χ0n) is 23.0. The molecule has 3 aromatic rings. The largest absolute Gasteiger partial charge is 0.466 e. The highest BCUT2D eigenvalue weighted by molar-refractivity contribution is 5.98. The van der Waals surface area contributed by atoms with Gasteiger partial charge in [-0.2, -0.15) is 0 Å². The van der Waals surface area contributed by atoms with Crippen molar-refractivity contribution < 1.29 is 23.9 Å². The van der Waals surface area contributed by atoms with Crippen LogP contribution in [0, 0.1) is 0 Å². The first-order valence-corrected chi connectivity index (χ1v) is 13.8. The minimum atomic E-state index is -0.465. The topological polar surface area (TPSA) is 97.3 Å². The van der Waals surface area contributed by atoms with Crippen LogP contribution in [0.15, 0.2) is 84.0 Å². The molecule has 8 nitrogen and oxygen atoms in total. The lowest BCUT2D eigenvalue weighted by Crippen LogP contribution is -2.36. The SMILES string of the molecule is COC(=O)/C=C/c1ccccc1NC(=O)Cc1ccc(CN2N=C(c3ccccc3)OCC2=O)cc1C1CCCC1. The number of carbonyl (C=O) groups excluding carboxylic acids is 3. The summed E-state index contributed by atoms with van der Waals surface area (Å²) in [6, 6.07) is 22.9. The minimum absolute atomic E-state index is 0.0578. The maximum Gasteiger partial charge on any atom is 0.330 e. The van der Waals surface area contributed by atoms with Crippen LogP contribution in [-0.4, -0.2) is 42.4 Å². The van der Waals surface area contributed by atoms with Crippen LogP contribution in [0.5, 0.6) is 0 Å². The van der Waals surface area contributed by atoms with Crippen LogP contribution in [0.3, 0.4) is 0 Å². The first-order valence-electron chi connectivity index (χ1n) is 13.8. The summed E-state index contributed by atoms with van der Waals surface area (Å²) in [6.45, 7) is 0.266. The molecule has 41 heavy (non-hydrogen) atoms. The Morgan fingerprint density at radius 1 is 1.05 bits per heavy atom. The van der Waals surface area contributed by atoms with Crippen LogP contribution >= 0.6 is 0 Å². The van der Waals surface area contributed by atoms with Crippen molar-refractivity contribution in [3.05, 3.63) is 107 Å². The summed E-state index contributed by atoms with van der Waals surface area (Å²) in [7, 11) is 1.32. The maximum absolute atomic E-state index is 13.2. The van der Waals surface area contributed by atoms with Gasteiger partial charge in [-0.05, 0) is 65.3 Å². The summed E-state index contributed by atoms with van der Waals surface area (Å²) in [6.07, 6.45) is 7.64. The summed E-state index contributed by atoms with van der Waals surface area (Å²) in [5, 5.41) is 8.95. The Morgan fingerprint density at radius 3 is 2.59 bits per heavy atom. The highest BCUT2D eigenvalue weighted by Gasteiger charge is 2.25. The fourth-order valence-corrected chi connectivity index (χ4v) is 5.29. The van der Waals surface area contributed by atoms with Gasteiger partial charge in [0.05, 0.1) is 20.1 Å². The van der Waals surface area contributed by atoms with Crippen LogP contribution in [0.2, 0.25) is 0 Å². The van der Waals surface area contributed by atoms with Crippen LogP contribution in [0.1, 0.15) is 59.4 Å². The summed E-state index contributed by atoms with van der Waals surface area (Å²) < 4.78 is 10.3. The van der Waals surface area contributed by atoms with Gasteiger partial charge in [-0.1, -0.05) is 67.4 Å². The number of para-hydroxylation sites is 1. The molecule has 1 fully saturated rings. The van der Waals surface area contributed by atoms with E-state index in [4.69, 9.17) is 4.74 Å². The molecule has 5 rings (SSSR count). The smallest absolute Gasteiger partial charge is 0.330 e. The molecule has 0 aromatic heterocycles. The first kappa shape index (κ1) is 27.8. The lowest BCUT2D eigenvalue weighted by molar-refractivity contribution is -0.136. The molecule has 0 bridgehead atoms. The minimum Gasteiger partial charge on any atom is -0.466 e. The van der Waals surface area contributed by atoms with E-state index >= 15 is 0 Å². The molecule has 0 saturated heterocycles. The highest BCUT2D eigenvalue weighted by atomic mass is 16.5. The van der Waals surface area contributed by atoms with Crippen LogP contribution in [0.4, 0.5) is 5.69 Å². The molecule has 1 saturated carbocycles. The molecule has 1 aliphatic heterocycles. The second kappa shape index (κ2) is 13.1. The molecule has 210 valence electrons. The zero-order valence-corrected chi connectivity index (χ0v) is 23.0. The number of ether oxygens (including phenoxy) is 2. The monoisotopic (exact) mass is 551 g/mol. The Hall–Kier alpha value is -4.72. The summed E-state index contributed by atoms with van der Waals surface area (Å²) in [5.74, 6) is -0.00644. The van der Waals surface area contributed by atoms with Crippen molar-refractivity contribution in [3.63, 3.8) is 0 Å². The van der Waals surface area contributed by atoms with Gasteiger partial charge in [-0.15, -0.1) is 5.10 Å². The van der Waals surface area contributed by atoms with Gasteiger partial charge in [0.25, 0.3) is 5.91 Å². The summed E-state index contributed by atoms with van der Waals surface area (Å²) in [4.78, 5) is 37.4. The van der Waals surface area contributed by atoms with Crippen molar-refractivity contribution in [1.82, 2.24) is 5.01 Å². The molecule has 3 aromatic carbocycles. The van der Waals surface area contributed by atoms with Gasteiger partial charge in [-0.25, -0.2) is 9.80 Å². The van der Waals surface area contributed by atoms with Crippen LogP contribution in [-0.2, 0) is 36.8 Å². The standard InChI is InChI=1S/C33H33N3O5/c1-40-32(39)18-17-25-11-7-8-14-29(25)34-30(37)20-27-16-15-23(19-28(27)24-9-5-6-10-24)21-36-31(38)22-41-33(35-36)26-12-3-2-4-13-26/h2-4,7-8,11-19,24H,5-6,9-10,20-22H2,1H3,(H,34,37)/b18-17+. The Labute approximate surface area is 239 Å². The molecule has 0 radical (unpaired) electrons. The van der Waals surface area contributed by atoms with Gasteiger partial charge in [0.2, 0.25) is 11.8 Å². The zero-order chi connectivity index (χ0) is 28.6. The number of anilines is 1. The second-order valence-corrected chi connectivity index (χ2v) is 10.2. The Morgan fingerprint density at radius 2 is 1.80 bits per heavy atom. The van der Waals surface area contributed by atoms with Gasteiger partial charge in [0.1, 0.15) is 0 Å². The summed E-state index contributed by atoms with van der Waals surface area (Å²) >= 11 is 0. The number of nitrogens with zero attached hydrogens (tertiary/aromatic N) is 2. The molecule has 0 spiro atoms. The third kappa shape index (κ3) is 7.08. The van der Waals surface area contributed by atoms with E-state index in [1.165, 1.54) is 18.2 Å². The fourth-order valence-electron chi connectivity index (χ4n) is 5.29. The van der Waals surface area contributed by atoms with E-state index in [1.54, 1.807) is 12.1 Å². The summed E-state index contributed by atoms with van der Waals surface area (Å²) in [5.41, 5.74) is 5.24. The molecular formula is C33H33N3O5. The van der Waals surface area contributed by atoms with Crippen molar-refractivity contribution >= 4 is 35.4 Å². The number of nitrogens with one attached hydrogen (secondary N) is 1. The predicted molar refractivity (Wildman–Crippen MR) is 157 cm³/mol. The van der Waals surface area contributed by atoms with Crippen molar-refractivity contribution in [2.24, 2.45) is 5.10 Å². The number of benzene rings is 3. The third-order valence-electron chi connectivity index (χ3n) is 7.38. The highest BCUT2D eigenvalue weighted by Crippen LogP contribution is 2.37. The first-order chi connectivity index (χ1) is 20.0. The average Bonchev–Trinajstić information content (AvgIpc) is 3.54. The lowest BCUT2D eigenvalue weighted by Gasteiger charge is -2.25. The van der Waals surface area contributed by atoms with Crippen molar-refractivity contribution in [1.29, 1.82) is 0 Å². The van der Waals surface area contributed by atoms with E-state index in [1.807, 2.05) is 60.7 Å². The number of methoxy groups -OCH3 is 1. The van der Waals surface area contributed by atoms with Crippen molar-refractivity contribution in [2.45, 2.75) is 44.6 Å². The van der Waals surface area contributed by atoms with Crippen molar-refractivity contribution in [2.75, 3.05) is 19.0 Å². The Balaban J connectivity index is 1.34. The number of esters is 1. The van der Waals surface area contributed by atoms with E-state index in [-0.39, 0.29) is 24.8 Å². The molecule has 0 atom stereocenters. The molecule has 2 aliphatic rings. The maximum atomic E-state index is 13.2. The normalized spacial score (nSPS) is 15.5. The van der Waals surface area contributed by atoms with Gasteiger partial charge >= 0.3 is 5.97 Å². The van der Waals surface area contributed by atoms with Gasteiger partial charge in [0, 0.05) is 17.3 Å². The van der Waals surface area contributed by atoms with E-state index < -0.39 is 5.97 Å². The predicted octanol–water partition coefficient (Wildman–Crippen LogP) is 5.43. The molecule has 1 aliphatic carbocycles. The molecule has 1 heterocycles. The molecule has 1 N–H and O–H groups in total. The van der Waals surface area contributed by atoms with Crippen LogP contribution in [0.25, 0.3) is 6.08 Å². The Bertz CT molecular complexity index is 1480. The van der Waals surface area contributed by atoms with Crippen molar-refractivity contribution in [3.8, 4) is 0 Å². The van der Waals surface area contributed by atoms with Gasteiger partial charge < -0.3 is 14.8 Å². The fraction of sp³-hybridized carbons (Fsp3) is 0.273. The van der Waals surface area contributed by atoms with Gasteiger partial charge in [-0.3, -0.25) is 9.59 Å². The molecule has 2 amide bonds. The van der Waals surface area contributed by atoms with Crippen LogP contribution < -0.4 is 5.32 Å². The molecule has 0 unspecified atom stereocenters. The lowest BCUT2D eigenvalue weighted by atomic mass is 9.89. The van der Waals surface area contributed by atoms with E-state index in [0.717, 1.165) is 47.9 Å². The number of hydrogen-bond donors (Lipinski definition) is 1.